The van der Waals surface area contributed by atoms with E-state index >= 15 is 0 Å². The van der Waals surface area contributed by atoms with Crippen LogP contribution in [-0.2, 0) is 10.0 Å². The molecule has 0 amide bonds. The molecule has 0 fully saturated rings. The number of nitrogens with one attached hydrogen (secondary N) is 1. The second kappa shape index (κ2) is 6.58. The molecule has 18 heavy (non-hydrogen) atoms. The molecule has 0 aromatic heterocycles. The predicted molar refractivity (Wildman–Crippen MR) is 66.4 cm³/mol. The lowest BCUT2D eigenvalue weighted by Crippen LogP contribution is -2.25. The van der Waals surface area contributed by atoms with E-state index < -0.39 is 10.0 Å². The Kier molecular flexibility index (Phi) is 5.39. The monoisotopic (exact) mass is 275 g/mol. The zero-order chi connectivity index (χ0) is 13.6. The first-order valence-electron chi connectivity index (χ1n) is 5.37. The van der Waals surface area contributed by atoms with Gasteiger partial charge in [0.2, 0.25) is 10.0 Å². The van der Waals surface area contributed by atoms with Gasteiger partial charge in [0.05, 0.1) is 19.1 Å². The molecular weight excluding hydrogens is 258 g/mol. The van der Waals surface area contributed by atoms with Gasteiger partial charge < -0.3 is 14.6 Å². The Hall–Kier alpha value is -1.31. The Morgan fingerprint density at radius 3 is 2.44 bits per heavy atom. The zero-order valence-corrected chi connectivity index (χ0v) is 11.2. The molecule has 0 spiro atoms. The Bertz CT molecular complexity index is 486. The smallest absolute Gasteiger partial charge is 0.240 e. The summed E-state index contributed by atoms with van der Waals surface area (Å²) in [6.07, 6.45) is 0.368. The van der Waals surface area contributed by atoms with E-state index in [-0.39, 0.29) is 18.0 Å². The summed E-state index contributed by atoms with van der Waals surface area (Å²) in [5, 5.41) is 8.61. The van der Waals surface area contributed by atoms with Crippen molar-refractivity contribution in [2.24, 2.45) is 0 Å². The summed E-state index contributed by atoms with van der Waals surface area (Å²) in [7, 11) is -0.671. The highest BCUT2D eigenvalue weighted by molar-refractivity contribution is 7.89. The topological polar surface area (TPSA) is 84.9 Å². The fourth-order valence-electron chi connectivity index (χ4n) is 1.35. The largest absolute Gasteiger partial charge is 0.493 e. The summed E-state index contributed by atoms with van der Waals surface area (Å²) >= 11 is 0. The molecular formula is C11H17NO5S. The minimum Gasteiger partial charge on any atom is -0.493 e. The van der Waals surface area contributed by atoms with Gasteiger partial charge in [-0.3, -0.25) is 0 Å². The van der Waals surface area contributed by atoms with E-state index in [1.165, 1.54) is 32.4 Å². The molecule has 102 valence electrons. The first kappa shape index (κ1) is 14.7. The molecule has 0 atom stereocenters. The van der Waals surface area contributed by atoms with Crippen LogP contribution in [0.15, 0.2) is 23.1 Å². The third-order valence-corrected chi connectivity index (χ3v) is 3.75. The molecule has 0 saturated carbocycles. The molecule has 2 N–H and O–H groups in total. The van der Waals surface area contributed by atoms with Gasteiger partial charge in [-0.15, -0.1) is 0 Å². The maximum atomic E-state index is 11.9. The van der Waals surface area contributed by atoms with Gasteiger partial charge in [0.15, 0.2) is 11.5 Å². The van der Waals surface area contributed by atoms with Crippen LogP contribution in [0.5, 0.6) is 11.5 Å². The molecule has 0 bridgehead atoms. The Morgan fingerprint density at radius 1 is 1.22 bits per heavy atom. The molecule has 1 aromatic rings. The second-order valence-electron chi connectivity index (χ2n) is 3.49. The normalized spacial score (nSPS) is 11.3. The maximum absolute atomic E-state index is 11.9. The average molecular weight is 275 g/mol. The minimum atomic E-state index is -3.59. The van der Waals surface area contributed by atoms with Crippen molar-refractivity contribution >= 4 is 10.0 Å². The SMILES string of the molecule is COc1ccc(S(=O)(=O)NCCCO)cc1OC. The number of ether oxygens (including phenoxy) is 2. The van der Waals surface area contributed by atoms with Crippen LogP contribution in [0.25, 0.3) is 0 Å². The first-order valence-corrected chi connectivity index (χ1v) is 6.86. The van der Waals surface area contributed by atoms with Crippen molar-refractivity contribution in [2.45, 2.75) is 11.3 Å². The van der Waals surface area contributed by atoms with E-state index in [0.29, 0.717) is 17.9 Å². The van der Waals surface area contributed by atoms with Crippen molar-refractivity contribution in [3.63, 3.8) is 0 Å². The highest BCUT2D eigenvalue weighted by Crippen LogP contribution is 2.29. The van der Waals surface area contributed by atoms with Crippen LogP contribution in [-0.4, -0.2) is 40.9 Å². The molecule has 0 saturated heterocycles. The lowest BCUT2D eigenvalue weighted by molar-refractivity contribution is 0.289. The van der Waals surface area contributed by atoms with E-state index in [4.69, 9.17) is 14.6 Å². The third kappa shape index (κ3) is 3.59. The molecule has 0 radical (unpaired) electrons. The van der Waals surface area contributed by atoms with Gasteiger partial charge in [0.25, 0.3) is 0 Å². The Labute approximate surface area is 107 Å². The van der Waals surface area contributed by atoms with E-state index in [2.05, 4.69) is 4.72 Å². The molecule has 1 rings (SSSR count). The van der Waals surface area contributed by atoms with Gasteiger partial charge in [-0.25, -0.2) is 13.1 Å². The van der Waals surface area contributed by atoms with Crippen LogP contribution in [0.1, 0.15) is 6.42 Å². The van der Waals surface area contributed by atoms with Gasteiger partial charge in [-0.05, 0) is 18.6 Å². The van der Waals surface area contributed by atoms with E-state index in [1.54, 1.807) is 0 Å². The van der Waals surface area contributed by atoms with Crippen molar-refractivity contribution in [2.75, 3.05) is 27.4 Å². The van der Waals surface area contributed by atoms with Crippen molar-refractivity contribution < 1.29 is 23.0 Å². The van der Waals surface area contributed by atoms with Crippen LogP contribution in [0.2, 0.25) is 0 Å². The molecule has 6 nitrogen and oxygen atoms in total. The number of hydrogen-bond acceptors (Lipinski definition) is 5. The highest BCUT2D eigenvalue weighted by Gasteiger charge is 2.16. The summed E-state index contributed by atoms with van der Waals surface area (Å²) in [5.41, 5.74) is 0. The van der Waals surface area contributed by atoms with Crippen LogP contribution < -0.4 is 14.2 Å². The molecule has 0 aliphatic heterocycles. The predicted octanol–water partition coefficient (Wildman–Crippen LogP) is 0.364. The minimum absolute atomic E-state index is 0.0611. The summed E-state index contributed by atoms with van der Waals surface area (Å²) in [6.45, 7) is 0.127. The first-order chi connectivity index (χ1) is 8.55. The van der Waals surface area contributed by atoms with E-state index in [0.717, 1.165) is 0 Å². The van der Waals surface area contributed by atoms with Crippen LogP contribution >= 0.6 is 0 Å². The number of sulfonamides is 1. The van der Waals surface area contributed by atoms with Gasteiger partial charge in [-0.1, -0.05) is 0 Å². The maximum Gasteiger partial charge on any atom is 0.240 e. The van der Waals surface area contributed by atoms with Gasteiger partial charge >= 0.3 is 0 Å². The van der Waals surface area contributed by atoms with Crippen LogP contribution in [0.3, 0.4) is 0 Å². The lowest BCUT2D eigenvalue weighted by atomic mass is 10.3. The fourth-order valence-corrected chi connectivity index (χ4v) is 2.44. The average Bonchev–Trinajstić information content (AvgIpc) is 2.38. The lowest BCUT2D eigenvalue weighted by Gasteiger charge is -2.10. The molecule has 0 unspecified atom stereocenters. The molecule has 0 heterocycles. The van der Waals surface area contributed by atoms with Gasteiger partial charge in [0, 0.05) is 19.2 Å². The number of hydrogen-bond donors (Lipinski definition) is 2. The fraction of sp³-hybridized carbons (Fsp3) is 0.455. The summed E-state index contributed by atoms with van der Waals surface area (Å²) in [5.74, 6) is 0.814. The summed E-state index contributed by atoms with van der Waals surface area (Å²) < 4.78 is 36.2. The number of methoxy groups -OCH3 is 2. The summed E-state index contributed by atoms with van der Waals surface area (Å²) in [6, 6.07) is 4.35. The quantitative estimate of drug-likeness (QED) is 0.702. The van der Waals surface area contributed by atoms with Crippen molar-refractivity contribution in [1.29, 1.82) is 0 Å². The molecule has 7 heteroatoms. The van der Waals surface area contributed by atoms with Gasteiger partial charge in [-0.2, -0.15) is 0 Å². The standard InChI is InChI=1S/C11H17NO5S/c1-16-10-5-4-9(8-11(10)17-2)18(14,15)12-6-3-7-13/h4-5,8,12-13H,3,6-7H2,1-2H3. The second-order valence-corrected chi connectivity index (χ2v) is 5.26. The highest BCUT2D eigenvalue weighted by atomic mass is 32.2. The van der Waals surface area contributed by atoms with Crippen molar-refractivity contribution in [3.05, 3.63) is 18.2 Å². The van der Waals surface area contributed by atoms with E-state index in [1.807, 2.05) is 0 Å². The van der Waals surface area contributed by atoms with Crippen LogP contribution in [0.4, 0.5) is 0 Å². The van der Waals surface area contributed by atoms with E-state index in [9.17, 15) is 8.42 Å². The van der Waals surface area contributed by atoms with Gasteiger partial charge in [0.1, 0.15) is 0 Å². The third-order valence-electron chi connectivity index (χ3n) is 2.29. The number of rotatable bonds is 7. The zero-order valence-electron chi connectivity index (χ0n) is 10.3. The number of aliphatic hydroxyl groups is 1. The van der Waals surface area contributed by atoms with Crippen LogP contribution in [0, 0.1) is 0 Å². The Balaban J connectivity index is 2.95. The number of aliphatic hydroxyl groups excluding tert-OH is 1. The number of benzene rings is 1. The molecule has 1 aromatic carbocycles. The van der Waals surface area contributed by atoms with Crippen molar-refractivity contribution in [3.8, 4) is 11.5 Å². The van der Waals surface area contributed by atoms with Crippen molar-refractivity contribution in [1.82, 2.24) is 4.72 Å². The molecule has 0 aliphatic rings. The molecule has 0 aliphatic carbocycles. The Morgan fingerprint density at radius 2 is 1.89 bits per heavy atom. The summed E-state index contributed by atoms with van der Waals surface area (Å²) in [4.78, 5) is 0.0955.